The maximum atomic E-state index is 11.9. The highest BCUT2D eigenvalue weighted by Gasteiger charge is 2.38. The number of hydrogen-bond donors (Lipinski definition) is 1. The summed E-state index contributed by atoms with van der Waals surface area (Å²) in [6.45, 7) is 0.0808. The van der Waals surface area contributed by atoms with Crippen molar-refractivity contribution in [3.63, 3.8) is 0 Å². The number of amides is 1. The van der Waals surface area contributed by atoms with Crippen LogP contribution in [0.2, 0.25) is 0 Å². The van der Waals surface area contributed by atoms with Crippen LogP contribution >= 0.6 is 11.3 Å². The van der Waals surface area contributed by atoms with Crippen molar-refractivity contribution in [2.45, 2.75) is 11.7 Å². The highest BCUT2D eigenvalue weighted by molar-refractivity contribution is 7.89. The number of nitrogens with two attached hydrogens (primary N) is 1. The predicted molar refractivity (Wildman–Crippen MR) is 73.5 cm³/mol. The first kappa shape index (κ1) is 12.5. The number of rotatable bonds is 2. The number of carbonyl (C=O) groups excluding carboxylic acids is 1. The van der Waals surface area contributed by atoms with Crippen molar-refractivity contribution in [3.05, 3.63) is 24.3 Å². The van der Waals surface area contributed by atoms with E-state index in [1.807, 2.05) is 24.3 Å². The van der Waals surface area contributed by atoms with E-state index in [0.717, 1.165) is 10.2 Å². The normalized spacial score (nSPS) is 20.4. The number of primary sulfonamides is 1. The van der Waals surface area contributed by atoms with Gasteiger partial charge in [0.2, 0.25) is 15.9 Å². The van der Waals surface area contributed by atoms with Crippen molar-refractivity contribution in [1.82, 2.24) is 4.98 Å². The van der Waals surface area contributed by atoms with Crippen LogP contribution in [0.25, 0.3) is 10.2 Å². The fourth-order valence-corrected chi connectivity index (χ4v) is 3.78. The minimum absolute atomic E-state index is 0.0746. The fourth-order valence-electron chi connectivity index (χ4n) is 2.06. The summed E-state index contributed by atoms with van der Waals surface area (Å²) in [7, 11) is -3.69. The Bertz CT molecular complexity index is 720. The lowest BCUT2D eigenvalue weighted by atomic mass is 10.3. The van der Waals surface area contributed by atoms with E-state index in [9.17, 15) is 13.2 Å². The number of aromatic nitrogens is 1. The zero-order chi connectivity index (χ0) is 13.6. The molecule has 3 rings (SSSR count). The summed E-state index contributed by atoms with van der Waals surface area (Å²) in [6.07, 6.45) is -0.0746. The van der Waals surface area contributed by atoms with E-state index in [1.165, 1.54) is 16.2 Å². The van der Waals surface area contributed by atoms with Gasteiger partial charge >= 0.3 is 0 Å². The van der Waals surface area contributed by atoms with Crippen LogP contribution in [0.15, 0.2) is 24.3 Å². The largest absolute Gasteiger partial charge is 0.287 e. The lowest BCUT2D eigenvalue weighted by molar-refractivity contribution is -0.117. The summed E-state index contributed by atoms with van der Waals surface area (Å²) in [5.74, 6) is -0.252. The van der Waals surface area contributed by atoms with Gasteiger partial charge in [0.05, 0.1) is 10.2 Å². The van der Waals surface area contributed by atoms with E-state index >= 15 is 0 Å². The second-order valence-corrected chi connectivity index (χ2v) is 7.24. The SMILES string of the molecule is NS(=O)(=O)C1CC(=O)N(c2nc3ccccc3s2)C1. The Morgan fingerprint density at radius 3 is 2.74 bits per heavy atom. The number of para-hydroxylation sites is 1. The molecular formula is C11H11N3O3S2. The van der Waals surface area contributed by atoms with E-state index in [-0.39, 0.29) is 18.9 Å². The van der Waals surface area contributed by atoms with Crippen LogP contribution in [-0.2, 0) is 14.8 Å². The summed E-state index contributed by atoms with van der Waals surface area (Å²) in [4.78, 5) is 17.6. The molecule has 8 heteroatoms. The number of nitrogens with zero attached hydrogens (tertiary/aromatic N) is 2. The molecule has 1 unspecified atom stereocenters. The van der Waals surface area contributed by atoms with E-state index in [4.69, 9.17) is 5.14 Å². The molecule has 1 aliphatic heterocycles. The number of carbonyl (C=O) groups is 1. The Morgan fingerprint density at radius 2 is 2.11 bits per heavy atom. The number of benzene rings is 1. The molecule has 2 N–H and O–H groups in total. The Labute approximate surface area is 113 Å². The van der Waals surface area contributed by atoms with E-state index in [0.29, 0.717) is 5.13 Å². The summed E-state index contributed by atoms with van der Waals surface area (Å²) in [5.41, 5.74) is 0.800. The molecule has 2 aromatic rings. The number of hydrogen-bond acceptors (Lipinski definition) is 5. The molecule has 1 amide bonds. The minimum atomic E-state index is -3.69. The first-order chi connectivity index (χ1) is 8.95. The molecule has 1 aliphatic rings. The molecule has 1 fully saturated rings. The molecule has 1 saturated heterocycles. The second-order valence-electron chi connectivity index (χ2n) is 4.38. The topological polar surface area (TPSA) is 93.4 Å². The summed E-state index contributed by atoms with van der Waals surface area (Å²) < 4.78 is 23.6. The fraction of sp³-hybridized carbons (Fsp3) is 0.273. The van der Waals surface area contributed by atoms with Crippen LogP contribution in [0.1, 0.15) is 6.42 Å². The van der Waals surface area contributed by atoms with Crippen molar-refractivity contribution in [3.8, 4) is 0 Å². The first-order valence-corrected chi connectivity index (χ1v) is 8.05. The van der Waals surface area contributed by atoms with Crippen molar-refractivity contribution >= 4 is 42.6 Å². The van der Waals surface area contributed by atoms with Crippen LogP contribution in [0.3, 0.4) is 0 Å². The molecule has 1 aromatic heterocycles. The Morgan fingerprint density at radius 1 is 1.37 bits per heavy atom. The van der Waals surface area contributed by atoms with E-state index in [2.05, 4.69) is 4.98 Å². The number of anilines is 1. The van der Waals surface area contributed by atoms with E-state index in [1.54, 1.807) is 0 Å². The highest BCUT2D eigenvalue weighted by atomic mass is 32.2. The average Bonchev–Trinajstić information content (AvgIpc) is 2.90. The molecule has 100 valence electrons. The molecular weight excluding hydrogens is 286 g/mol. The third-order valence-electron chi connectivity index (χ3n) is 3.07. The monoisotopic (exact) mass is 297 g/mol. The van der Waals surface area contributed by atoms with Crippen LogP contribution in [0, 0.1) is 0 Å². The van der Waals surface area contributed by atoms with Gasteiger partial charge in [0.15, 0.2) is 5.13 Å². The zero-order valence-corrected chi connectivity index (χ0v) is 11.4. The lowest BCUT2D eigenvalue weighted by Crippen LogP contribution is -2.32. The second kappa shape index (κ2) is 4.26. The third-order valence-corrected chi connectivity index (χ3v) is 5.37. The standard InChI is InChI=1S/C11H11N3O3S2/c12-19(16,17)7-5-10(15)14(6-7)11-13-8-3-1-2-4-9(8)18-11/h1-4,7H,5-6H2,(H2,12,16,17). The zero-order valence-electron chi connectivity index (χ0n) is 9.81. The van der Waals surface area contributed by atoms with Gasteiger partial charge in [0.25, 0.3) is 0 Å². The van der Waals surface area contributed by atoms with Gasteiger partial charge in [-0.2, -0.15) is 0 Å². The van der Waals surface area contributed by atoms with E-state index < -0.39 is 15.3 Å². The molecule has 0 bridgehead atoms. The third kappa shape index (κ3) is 2.22. The molecule has 0 saturated carbocycles. The highest BCUT2D eigenvalue weighted by Crippen LogP contribution is 2.32. The van der Waals surface area contributed by atoms with Gasteiger partial charge in [0, 0.05) is 13.0 Å². The number of thiazole rings is 1. The van der Waals surface area contributed by atoms with Crippen molar-refractivity contribution in [2.75, 3.05) is 11.4 Å². The van der Waals surface area contributed by atoms with Gasteiger partial charge in [-0.05, 0) is 12.1 Å². The smallest absolute Gasteiger partial charge is 0.230 e. The van der Waals surface area contributed by atoms with Crippen molar-refractivity contribution in [2.24, 2.45) is 5.14 Å². The van der Waals surface area contributed by atoms with Gasteiger partial charge in [-0.15, -0.1) is 0 Å². The molecule has 1 atom stereocenters. The molecule has 6 nitrogen and oxygen atoms in total. The summed E-state index contributed by atoms with van der Waals surface area (Å²) >= 11 is 1.37. The predicted octanol–water partition coefficient (Wildman–Crippen LogP) is 0.690. The van der Waals surface area contributed by atoms with Gasteiger partial charge in [-0.3, -0.25) is 9.69 Å². The molecule has 0 aliphatic carbocycles. The molecule has 0 spiro atoms. The lowest BCUT2D eigenvalue weighted by Gasteiger charge is -2.11. The first-order valence-electron chi connectivity index (χ1n) is 5.63. The quantitative estimate of drug-likeness (QED) is 0.882. The maximum absolute atomic E-state index is 11.9. The maximum Gasteiger partial charge on any atom is 0.230 e. The Balaban J connectivity index is 1.96. The van der Waals surface area contributed by atoms with Crippen molar-refractivity contribution < 1.29 is 13.2 Å². The van der Waals surface area contributed by atoms with Crippen LogP contribution in [0.4, 0.5) is 5.13 Å². The Kier molecular flexibility index (Phi) is 2.80. The number of fused-ring (bicyclic) bond motifs is 1. The van der Waals surface area contributed by atoms with Gasteiger partial charge < -0.3 is 0 Å². The Hall–Kier alpha value is -1.51. The average molecular weight is 297 g/mol. The molecule has 19 heavy (non-hydrogen) atoms. The van der Waals surface area contributed by atoms with Crippen LogP contribution < -0.4 is 10.0 Å². The molecule has 0 radical (unpaired) electrons. The van der Waals surface area contributed by atoms with Gasteiger partial charge in [0.1, 0.15) is 5.25 Å². The van der Waals surface area contributed by atoms with Gasteiger partial charge in [-0.25, -0.2) is 18.5 Å². The van der Waals surface area contributed by atoms with Crippen molar-refractivity contribution in [1.29, 1.82) is 0 Å². The summed E-state index contributed by atoms with van der Waals surface area (Å²) in [6, 6.07) is 7.52. The van der Waals surface area contributed by atoms with Crippen LogP contribution in [-0.4, -0.2) is 31.1 Å². The van der Waals surface area contributed by atoms with Gasteiger partial charge in [-0.1, -0.05) is 23.5 Å². The molecule has 2 heterocycles. The number of sulfonamides is 1. The minimum Gasteiger partial charge on any atom is -0.287 e. The van der Waals surface area contributed by atoms with Crippen LogP contribution in [0.5, 0.6) is 0 Å². The molecule has 1 aromatic carbocycles. The summed E-state index contributed by atoms with van der Waals surface area (Å²) in [5, 5.41) is 4.78.